The lowest BCUT2D eigenvalue weighted by Gasteiger charge is -2.11. The first-order valence-corrected chi connectivity index (χ1v) is 4.71. The van der Waals surface area contributed by atoms with E-state index in [2.05, 4.69) is 0 Å². The van der Waals surface area contributed by atoms with Crippen molar-refractivity contribution in [2.75, 3.05) is 27.2 Å². The maximum absolute atomic E-state index is 12.0. The summed E-state index contributed by atoms with van der Waals surface area (Å²) in [5, 5.41) is 0. The molecule has 88 valence electrons. The maximum Gasteiger partial charge on any atom is 0.188 e. The van der Waals surface area contributed by atoms with Crippen LogP contribution in [0.15, 0.2) is 18.2 Å². The van der Waals surface area contributed by atoms with E-state index >= 15 is 0 Å². The van der Waals surface area contributed by atoms with Gasteiger partial charge < -0.3 is 14.2 Å². The highest BCUT2D eigenvalue weighted by molar-refractivity contribution is 5.76. The molecule has 1 aromatic carbocycles. The summed E-state index contributed by atoms with van der Waals surface area (Å²) in [6.45, 7) is -0.618. The van der Waals surface area contributed by atoms with Crippen LogP contribution < -0.4 is 9.47 Å². The average Bonchev–Trinajstić information content (AvgIpc) is 2.34. The first kappa shape index (κ1) is 12.4. The minimum absolute atomic E-state index is 0.0619. The fourth-order valence-corrected chi connectivity index (χ4v) is 1.10. The van der Waals surface area contributed by atoms with Gasteiger partial charge in [-0.25, -0.2) is 4.39 Å². The van der Waals surface area contributed by atoms with E-state index in [0.29, 0.717) is 23.3 Å². The van der Waals surface area contributed by atoms with Crippen molar-refractivity contribution < 1.29 is 23.4 Å². The second kappa shape index (κ2) is 6.79. The van der Waals surface area contributed by atoms with Crippen LogP contribution in [-0.4, -0.2) is 33.5 Å². The normalized spacial score (nSPS) is 9.88. The van der Waals surface area contributed by atoms with Gasteiger partial charge >= 0.3 is 0 Å². The Bertz CT molecular complexity index is 341. The van der Waals surface area contributed by atoms with Crippen molar-refractivity contribution >= 4 is 6.29 Å². The molecule has 0 spiro atoms. The Hall–Kier alpha value is -1.62. The molecule has 1 aromatic rings. The topological polar surface area (TPSA) is 44.8 Å². The molecule has 0 aromatic heterocycles. The van der Waals surface area contributed by atoms with Gasteiger partial charge in [0.25, 0.3) is 0 Å². The van der Waals surface area contributed by atoms with Gasteiger partial charge in [0.05, 0.1) is 0 Å². The molecule has 0 fully saturated rings. The first-order chi connectivity index (χ1) is 7.81. The number of halogens is 1. The Kier molecular flexibility index (Phi) is 5.28. The number of hydrogen-bond donors (Lipinski definition) is 0. The number of aldehydes is 1. The Balaban J connectivity index is 2.82. The van der Waals surface area contributed by atoms with E-state index in [1.54, 1.807) is 12.1 Å². The van der Waals surface area contributed by atoms with Crippen LogP contribution in [0.2, 0.25) is 0 Å². The molecule has 0 amide bonds. The lowest BCUT2D eigenvalue weighted by molar-refractivity contribution is 0.0484. The van der Waals surface area contributed by atoms with E-state index in [1.807, 2.05) is 0 Å². The van der Waals surface area contributed by atoms with E-state index in [0.717, 1.165) is 0 Å². The third-order valence-electron chi connectivity index (χ3n) is 1.77. The summed E-state index contributed by atoms with van der Waals surface area (Å²) < 4.78 is 27.0. The number of benzene rings is 1. The van der Waals surface area contributed by atoms with Crippen LogP contribution in [0.4, 0.5) is 4.39 Å². The Labute approximate surface area is 92.9 Å². The summed E-state index contributed by atoms with van der Waals surface area (Å²) in [6.07, 6.45) is 0.683. The average molecular weight is 228 g/mol. The number of carbonyl (C=O) groups is 1. The number of alkyl halides is 1. The molecule has 0 aliphatic carbocycles. The Morgan fingerprint density at radius 1 is 1.31 bits per heavy atom. The molecule has 16 heavy (non-hydrogen) atoms. The summed E-state index contributed by atoms with van der Waals surface area (Å²) in [7, 11) is 1.49. The minimum Gasteiger partial charge on any atom is -0.487 e. The second-order valence-corrected chi connectivity index (χ2v) is 2.91. The zero-order chi connectivity index (χ0) is 11.8. The van der Waals surface area contributed by atoms with Gasteiger partial charge in [0.15, 0.2) is 18.3 Å². The molecule has 0 bridgehead atoms. The lowest BCUT2D eigenvalue weighted by Crippen LogP contribution is -2.04. The van der Waals surface area contributed by atoms with Crippen molar-refractivity contribution in [1.29, 1.82) is 0 Å². The molecule has 0 unspecified atom stereocenters. The van der Waals surface area contributed by atoms with E-state index in [-0.39, 0.29) is 13.4 Å². The van der Waals surface area contributed by atoms with E-state index in [9.17, 15) is 9.18 Å². The Morgan fingerprint density at radius 3 is 2.75 bits per heavy atom. The predicted molar refractivity (Wildman–Crippen MR) is 55.8 cm³/mol. The van der Waals surface area contributed by atoms with Crippen LogP contribution in [0.25, 0.3) is 0 Å². The van der Waals surface area contributed by atoms with Gasteiger partial charge in [0.2, 0.25) is 0 Å². The van der Waals surface area contributed by atoms with Crippen LogP contribution >= 0.6 is 0 Å². The summed E-state index contributed by atoms with van der Waals surface area (Å²) in [5.74, 6) is 0.750. The third-order valence-corrected chi connectivity index (χ3v) is 1.77. The van der Waals surface area contributed by atoms with Gasteiger partial charge in [-0.3, -0.25) is 4.79 Å². The van der Waals surface area contributed by atoms with Crippen molar-refractivity contribution in [3.05, 3.63) is 23.8 Å². The van der Waals surface area contributed by atoms with E-state index < -0.39 is 6.67 Å². The van der Waals surface area contributed by atoms with Crippen LogP contribution in [0.5, 0.6) is 11.5 Å². The quantitative estimate of drug-likeness (QED) is 0.527. The zero-order valence-electron chi connectivity index (χ0n) is 8.94. The minimum atomic E-state index is -0.602. The molecule has 5 heteroatoms. The number of hydrogen-bond acceptors (Lipinski definition) is 4. The smallest absolute Gasteiger partial charge is 0.188 e. The van der Waals surface area contributed by atoms with Gasteiger partial charge in [0, 0.05) is 12.7 Å². The predicted octanol–water partition coefficient (Wildman–Crippen LogP) is 1.83. The first-order valence-electron chi connectivity index (χ1n) is 4.71. The summed E-state index contributed by atoms with van der Waals surface area (Å²) in [6, 6.07) is 4.66. The Morgan fingerprint density at radius 2 is 2.12 bits per heavy atom. The highest BCUT2D eigenvalue weighted by Gasteiger charge is 2.06. The van der Waals surface area contributed by atoms with Crippen LogP contribution in [0, 0.1) is 0 Å². The largest absolute Gasteiger partial charge is 0.487 e. The molecule has 0 heterocycles. The third kappa shape index (κ3) is 3.51. The van der Waals surface area contributed by atoms with Crippen LogP contribution in [-0.2, 0) is 4.74 Å². The van der Waals surface area contributed by atoms with E-state index in [1.165, 1.54) is 13.2 Å². The fourth-order valence-electron chi connectivity index (χ4n) is 1.10. The van der Waals surface area contributed by atoms with Crippen molar-refractivity contribution in [2.45, 2.75) is 0 Å². The molecule has 0 saturated carbocycles. The monoisotopic (exact) mass is 228 g/mol. The highest BCUT2D eigenvalue weighted by Crippen LogP contribution is 2.27. The molecule has 1 rings (SSSR count). The zero-order valence-corrected chi connectivity index (χ0v) is 8.94. The molecule has 0 aliphatic rings. The van der Waals surface area contributed by atoms with Crippen molar-refractivity contribution in [3.8, 4) is 11.5 Å². The van der Waals surface area contributed by atoms with Crippen molar-refractivity contribution in [2.24, 2.45) is 0 Å². The van der Waals surface area contributed by atoms with Gasteiger partial charge in [-0.15, -0.1) is 0 Å². The number of rotatable bonds is 7. The summed E-state index contributed by atoms with van der Waals surface area (Å²) in [5.41, 5.74) is 0.443. The summed E-state index contributed by atoms with van der Waals surface area (Å²) in [4.78, 5) is 10.6. The molecular weight excluding hydrogens is 215 g/mol. The number of ether oxygens (including phenoxy) is 3. The van der Waals surface area contributed by atoms with Crippen LogP contribution in [0.1, 0.15) is 10.4 Å². The molecular formula is C11H13FO4. The van der Waals surface area contributed by atoms with Gasteiger partial charge in [-0.1, -0.05) is 0 Å². The lowest BCUT2D eigenvalue weighted by atomic mass is 10.2. The summed E-state index contributed by atoms with van der Waals surface area (Å²) >= 11 is 0. The molecule has 0 aliphatic heterocycles. The molecule has 0 atom stereocenters. The maximum atomic E-state index is 12.0. The van der Waals surface area contributed by atoms with E-state index in [4.69, 9.17) is 14.2 Å². The standard InChI is InChI=1S/C11H13FO4/c1-14-8-16-10-3-2-9(7-13)6-11(10)15-5-4-12/h2-3,6-7H,4-5,8H2,1H3. The number of methoxy groups -OCH3 is 1. The fraction of sp³-hybridized carbons (Fsp3) is 0.364. The van der Waals surface area contributed by atoms with Gasteiger partial charge in [0.1, 0.15) is 19.6 Å². The van der Waals surface area contributed by atoms with Crippen molar-refractivity contribution in [1.82, 2.24) is 0 Å². The molecule has 0 N–H and O–H groups in total. The molecule has 4 nitrogen and oxygen atoms in total. The SMILES string of the molecule is COCOc1ccc(C=O)cc1OCCF. The van der Waals surface area contributed by atoms with Crippen molar-refractivity contribution in [3.63, 3.8) is 0 Å². The molecule has 0 radical (unpaired) electrons. The highest BCUT2D eigenvalue weighted by atomic mass is 19.1. The number of carbonyl (C=O) groups excluding carboxylic acids is 1. The molecule has 0 saturated heterocycles. The van der Waals surface area contributed by atoms with Gasteiger partial charge in [-0.2, -0.15) is 0 Å². The van der Waals surface area contributed by atoms with Crippen LogP contribution in [0.3, 0.4) is 0 Å². The van der Waals surface area contributed by atoms with Gasteiger partial charge in [-0.05, 0) is 18.2 Å². The second-order valence-electron chi connectivity index (χ2n) is 2.91.